The van der Waals surface area contributed by atoms with Crippen molar-refractivity contribution in [1.82, 2.24) is 4.67 Å². The summed E-state index contributed by atoms with van der Waals surface area (Å²) in [6.07, 6.45) is 7.19. The number of nitrogens with zero attached hydrogens (tertiary/aromatic N) is 1. The van der Waals surface area contributed by atoms with E-state index in [1.54, 1.807) is 4.67 Å². The summed E-state index contributed by atoms with van der Waals surface area (Å²) in [6, 6.07) is 21.9. The molecular formula is C20H20NOP. The lowest BCUT2D eigenvalue weighted by atomic mass is 10.3. The number of rotatable bonds is 6. The summed E-state index contributed by atoms with van der Waals surface area (Å²) in [7, 11) is -3.03. The van der Waals surface area contributed by atoms with E-state index in [4.69, 9.17) is 6.42 Å². The third-order valence-corrected chi connectivity index (χ3v) is 6.51. The standard InChI is InChI=1S/C20H20NOP/c1-3-5-17-21(18-6-4-2)23(22,19-13-9-7-10-14-19)20-15-11-8-12-16-20/h1,7-16H,4,6,18H2,2H3. The molecular weight excluding hydrogens is 301 g/mol. The number of terminal acetylenes is 1. The van der Waals surface area contributed by atoms with Crippen LogP contribution in [-0.2, 0) is 4.57 Å². The molecule has 0 aliphatic heterocycles. The van der Waals surface area contributed by atoms with Crippen molar-refractivity contribution < 1.29 is 4.57 Å². The Morgan fingerprint density at radius 1 is 1.00 bits per heavy atom. The van der Waals surface area contributed by atoms with Gasteiger partial charge in [0.15, 0.2) is 0 Å². The lowest BCUT2D eigenvalue weighted by Gasteiger charge is -2.29. The van der Waals surface area contributed by atoms with Crippen molar-refractivity contribution in [3.05, 3.63) is 60.7 Å². The van der Waals surface area contributed by atoms with Gasteiger partial charge in [-0.05, 0) is 36.6 Å². The van der Waals surface area contributed by atoms with Crippen LogP contribution >= 0.6 is 7.29 Å². The second kappa shape index (κ2) is 8.28. The molecule has 0 bridgehead atoms. The van der Waals surface area contributed by atoms with Crippen LogP contribution in [0, 0.1) is 24.3 Å². The lowest BCUT2D eigenvalue weighted by Crippen LogP contribution is -2.30. The zero-order chi connectivity index (χ0) is 16.5. The van der Waals surface area contributed by atoms with Gasteiger partial charge in [-0.1, -0.05) is 49.7 Å². The molecule has 23 heavy (non-hydrogen) atoms. The third kappa shape index (κ3) is 3.87. The number of hydrogen-bond donors (Lipinski definition) is 0. The summed E-state index contributed by atoms with van der Waals surface area (Å²) in [6.45, 7) is 2.72. The molecule has 0 unspecified atom stereocenters. The van der Waals surface area contributed by atoms with E-state index < -0.39 is 7.29 Å². The van der Waals surface area contributed by atoms with Gasteiger partial charge in [-0.3, -0.25) is 9.24 Å². The summed E-state index contributed by atoms with van der Waals surface area (Å²) < 4.78 is 15.8. The third-order valence-electron chi connectivity index (χ3n) is 3.53. The fraction of sp³-hybridized carbons (Fsp3) is 0.200. The molecule has 0 heterocycles. The number of hydrogen-bond acceptors (Lipinski definition) is 1. The molecule has 2 rings (SSSR count). The van der Waals surface area contributed by atoms with Crippen LogP contribution in [0.1, 0.15) is 19.8 Å². The van der Waals surface area contributed by atoms with Crippen molar-refractivity contribution in [2.24, 2.45) is 0 Å². The van der Waals surface area contributed by atoms with Crippen LogP contribution < -0.4 is 10.6 Å². The van der Waals surface area contributed by atoms with Crippen molar-refractivity contribution in [3.8, 4) is 24.3 Å². The minimum atomic E-state index is -3.03. The summed E-state index contributed by atoms with van der Waals surface area (Å²) >= 11 is 0. The quantitative estimate of drug-likeness (QED) is 0.460. The predicted octanol–water partition coefficient (Wildman–Crippen LogP) is 3.61. The molecule has 0 radical (unpaired) electrons. The lowest BCUT2D eigenvalue weighted by molar-refractivity contribution is 0.513. The van der Waals surface area contributed by atoms with E-state index in [1.807, 2.05) is 60.7 Å². The van der Waals surface area contributed by atoms with Gasteiger partial charge in [-0.25, -0.2) is 0 Å². The Balaban J connectivity index is 2.61. The molecule has 2 nitrogen and oxygen atoms in total. The van der Waals surface area contributed by atoms with Crippen molar-refractivity contribution in [2.75, 3.05) is 6.54 Å². The van der Waals surface area contributed by atoms with E-state index in [1.165, 1.54) is 0 Å². The van der Waals surface area contributed by atoms with Crippen LogP contribution in [-0.4, -0.2) is 11.2 Å². The second-order valence-electron chi connectivity index (χ2n) is 5.10. The Kier molecular flexibility index (Phi) is 6.10. The van der Waals surface area contributed by atoms with Crippen LogP contribution in [0.3, 0.4) is 0 Å². The first-order valence-corrected chi connectivity index (χ1v) is 9.35. The zero-order valence-corrected chi connectivity index (χ0v) is 14.2. The Hall–Kier alpha value is -2.41. The van der Waals surface area contributed by atoms with Crippen LogP contribution in [0.5, 0.6) is 0 Å². The highest BCUT2D eigenvalue weighted by Crippen LogP contribution is 2.47. The smallest absolute Gasteiger partial charge is 0.236 e. The Morgan fingerprint density at radius 3 is 1.96 bits per heavy atom. The van der Waals surface area contributed by atoms with Gasteiger partial charge in [0.05, 0.1) is 0 Å². The average Bonchev–Trinajstić information content (AvgIpc) is 2.62. The molecule has 0 fully saturated rings. The summed E-state index contributed by atoms with van der Waals surface area (Å²) in [4.78, 5) is 0. The van der Waals surface area contributed by atoms with E-state index in [0.717, 1.165) is 23.5 Å². The van der Waals surface area contributed by atoms with Crippen molar-refractivity contribution in [2.45, 2.75) is 19.8 Å². The molecule has 0 spiro atoms. The van der Waals surface area contributed by atoms with Crippen molar-refractivity contribution in [3.63, 3.8) is 0 Å². The van der Waals surface area contributed by atoms with Crippen LogP contribution in [0.2, 0.25) is 0 Å². The molecule has 0 atom stereocenters. The normalized spacial score (nSPS) is 10.3. The van der Waals surface area contributed by atoms with Gasteiger partial charge < -0.3 is 0 Å². The second-order valence-corrected chi connectivity index (χ2v) is 7.77. The molecule has 0 amide bonds. The highest BCUT2D eigenvalue weighted by molar-refractivity contribution is 7.76. The largest absolute Gasteiger partial charge is 0.289 e. The summed E-state index contributed by atoms with van der Waals surface area (Å²) in [5.41, 5.74) is 0. The van der Waals surface area contributed by atoms with Crippen LogP contribution in [0.4, 0.5) is 0 Å². The van der Waals surface area contributed by atoms with Crippen molar-refractivity contribution >= 4 is 17.9 Å². The molecule has 2 aromatic rings. The maximum Gasteiger partial charge on any atom is 0.236 e. The van der Waals surface area contributed by atoms with Crippen LogP contribution in [0.25, 0.3) is 0 Å². The maximum absolute atomic E-state index is 14.1. The van der Waals surface area contributed by atoms with Gasteiger partial charge in [0.1, 0.15) is 0 Å². The molecule has 116 valence electrons. The highest BCUT2D eigenvalue weighted by Gasteiger charge is 2.33. The van der Waals surface area contributed by atoms with E-state index in [2.05, 4.69) is 24.8 Å². The minimum absolute atomic E-state index is 0.617. The Bertz CT molecular complexity index is 723. The first-order valence-electron chi connectivity index (χ1n) is 7.69. The molecule has 3 heteroatoms. The number of unbranched alkanes of at least 4 members (excludes halogenated alkanes) is 1. The predicted molar refractivity (Wildman–Crippen MR) is 98.0 cm³/mol. The van der Waals surface area contributed by atoms with Gasteiger partial charge in [0.25, 0.3) is 0 Å². The van der Waals surface area contributed by atoms with Gasteiger partial charge in [-0.2, -0.15) is 0 Å². The molecule has 2 aromatic carbocycles. The van der Waals surface area contributed by atoms with E-state index in [-0.39, 0.29) is 0 Å². The highest BCUT2D eigenvalue weighted by atomic mass is 31.2. The summed E-state index contributed by atoms with van der Waals surface area (Å²) in [5, 5.41) is 1.54. The van der Waals surface area contributed by atoms with E-state index in [0.29, 0.717) is 6.54 Å². The topological polar surface area (TPSA) is 20.3 Å². The van der Waals surface area contributed by atoms with Gasteiger partial charge >= 0.3 is 0 Å². The zero-order valence-electron chi connectivity index (χ0n) is 13.3. The summed E-state index contributed by atoms with van der Waals surface area (Å²) in [5.74, 6) is 4.96. The first-order chi connectivity index (χ1) is 11.2. The minimum Gasteiger partial charge on any atom is -0.289 e. The van der Waals surface area contributed by atoms with Gasteiger partial charge in [0.2, 0.25) is 7.29 Å². The molecule has 0 N–H and O–H groups in total. The molecule has 0 aliphatic rings. The van der Waals surface area contributed by atoms with Gasteiger partial charge in [0, 0.05) is 29.1 Å². The fourth-order valence-electron chi connectivity index (χ4n) is 2.36. The maximum atomic E-state index is 14.1. The fourth-order valence-corrected chi connectivity index (χ4v) is 4.98. The Labute approximate surface area is 139 Å². The monoisotopic (exact) mass is 321 g/mol. The average molecular weight is 321 g/mol. The van der Waals surface area contributed by atoms with Gasteiger partial charge in [-0.15, -0.1) is 6.42 Å². The molecule has 0 saturated heterocycles. The first kappa shape index (κ1) is 17.0. The van der Waals surface area contributed by atoms with E-state index >= 15 is 0 Å². The van der Waals surface area contributed by atoms with Crippen LogP contribution in [0.15, 0.2) is 60.7 Å². The molecule has 0 aliphatic carbocycles. The van der Waals surface area contributed by atoms with E-state index in [9.17, 15) is 4.57 Å². The molecule has 0 aromatic heterocycles. The number of benzene rings is 2. The molecule has 0 saturated carbocycles. The van der Waals surface area contributed by atoms with Crippen molar-refractivity contribution in [1.29, 1.82) is 0 Å². The Morgan fingerprint density at radius 2 is 1.52 bits per heavy atom. The SMILES string of the molecule is C#CC#CN(CCCC)P(=O)(c1ccccc1)c1ccccc1.